The smallest absolute Gasteiger partial charge is 0.186 e. The molecule has 0 bridgehead atoms. The summed E-state index contributed by atoms with van der Waals surface area (Å²) in [6.07, 6.45) is 1.43. The van der Waals surface area contributed by atoms with E-state index >= 15 is 0 Å². The Kier molecular flexibility index (Phi) is 6.35. The fraction of sp³-hybridized carbons (Fsp3) is 0.263. The third kappa shape index (κ3) is 3.84. The maximum absolute atomic E-state index is 14.8. The number of nitrogens with one attached hydrogen (secondary N) is 1. The largest absolute Gasteiger partial charge is 0.497 e. The fourth-order valence-corrected chi connectivity index (χ4v) is 2.26. The molecule has 0 amide bonds. The maximum atomic E-state index is 14.8. The minimum Gasteiger partial charge on any atom is -0.497 e. The predicted octanol–water partition coefficient (Wildman–Crippen LogP) is 4.64. The Morgan fingerprint density at radius 1 is 1.04 bits per heavy atom. The topological polar surface area (TPSA) is 78.1 Å². The van der Waals surface area contributed by atoms with Gasteiger partial charge in [0.15, 0.2) is 17.4 Å². The van der Waals surface area contributed by atoms with Gasteiger partial charge in [-0.1, -0.05) is 13.3 Å². The maximum Gasteiger partial charge on any atom is 0.186 e. The van der Waals surface area contributed by atoms with Crippen molar-refractivity contribution in [3.63, 3.8) is 0 Å². The van der Waals surface area contributed by atoms with Crippen molar-refractivity contribution in [3.8, 4) is 23.6 Å². The number of nitriles is 2. The number of methoxy groups -OCH3 is 1. The van der Waals surface area contributed by atoms with E-state index in [1.165, 1.54) is 13.2 Å². The Hall–Kier alpha value is -3.32. The highest BCUT2D eigenvalue weighted by atomic mass is 19.1. The molecule has 0 saturated carbocycles. The third-order valence-corrected chi connectivity index (χ3v) is 3.66. The minimum atomic E-state index is -1.06. The lowest BCUT2D eigenvalue weighted by molar-refractivity contribution is 0.294. The van der Waals surface area contributed by atoms with Gasteiger partial charge in [-0.3, -0.25) is 0 Å². The quantitative estimate of drug-likeness (QED) is 0.731. The Morgan fingerprint density at radius 3 is 2.19 bits per heavy atom. The molecule has 0 unspecified atom stereocenters. The van der Waals surface area contributed by atoms with Gasteiger partial charge in [-0.15, -0.1) is 0 Å². The number of halogens is 2. The van der Waals surface area contributed by atoms with Crippen molar-refractivity contribution < 1.29 is 18.3 Å². The summed E-state index contributed by atoms with van der Waals surface area (Å²) >= 11 is 0. The van der Waals surface area contributed by atoms with Crippen LogP contribution in [0.3, 0.4) is 0 Å². The average molecular weight is 357 g/mol. The molecule has 0 saturated heterocycles. The van der Waals surface area contributed by atoms with E-state index in [0.29, 0.717) is 17.9 Å². The van der Waals surface area contributed by atoms with Crippen LogP contribution in [0.5, 0.6) is 11.5 Å². The first-order valence-electron chi connectivity index (χ1n) is 7.96. The molecule has 2 aromatic rings. The molecule has 2 aromatic carbocycles. The highest BCUT2D eigenvalue weighted by molar-refractivity contribution is 5.72. The Labute approximate surface area is 150 Å². The van der Waals surface area contributed by atoms with Gasteiger partial charge in [-0.2, -0.15) is 10.5 Å². The van der Waals surface area contributed by atoms with Crippen LogP contribution >= 0.6 is 0 Å². The van der Waals surface area contributed by atoms with Crippen LogP contribution in [0, 0.1) is 34.3 Å². The van der Waals surface area contributed by atoms with Crippen molar-refractivity contribution in [1.82, 2.24) is 0 Å². The molecule has 0 radical (unpaired) electrons. The molecule has 1 N–H and O–H groups in total. The van der Waals surface area contributed by atoms with Crippen LogP contribution in [0.2, 0.25) is 0 Å². The SMILES string of the molecule is CCCCOc1c(F)c(C#N)c(C#N)c(F)c1Nc1ccc(OC)cc1. The number of rotatable bonds is 7. The normalized spacial score (nSPS) is 9.92. The lowest BCUT2D eigenvalue weighted by Crippen LogP contribution is -2.08. The zero-order valence-corrected chi connectivity index (χ0v) is 14.4. The van der Waals surface area contributed by atoms with Gasteiger partial charge in [0, 0.05) is 5.69 Å². The third-order valence-electron chi connectivity index (χ3n) is 3.66. The van der Waals surface area contributed by atoms with E-state index in [1.54, 1.807) is 30.3 Å². The molecular formula is C19H17F2N3O2. The van der Waals surface area contributed by atoms with Crippen LogP contribution < -0.4 is 14.8 Å². The van der Waals surface area contributed by atoms with Crippen molar-refractivity contribution in [1.29, 1.82) is 10.5 Å². The van der Waals surface area contributed by atoms with E-state index in [4.69, 9.17) is 20.0 Å². The lowest BCUT2D eigenvalue weighted by Gasteiger charge is -2.17. The molecule has 0 heterocycles. The second kappa shape index (κ2) is 8.68. The standard InChI is InChI=1S/C19H17F2N3O2/c1-3-4-9-26-19-17(21)15(11-23)14(10-22)16(20)18(19)24-12-5-7-13(25-2)8-6-12/h5-8,24H,3-4,9H2,1-2H3. The lowest BCUT2D eigenvalue weighted by atomic mass is 10.1. The summed E-state index contributed by atoms with van der Waals surface area (Å²) in [5, 5.41) is 20.9. The van der Waals surface area contributed by atoms with E-state index in [1.807, 2.05) is 6.92 Å². The molecule has 0 spiro atoms. The molecule has 0 aromatic heterocycles. The number of ether oxygens (including phenoxy) is 2. The number of anilines is 2. The van der Waals surface area contributed by atoms with Crippen LogP contribution in [0.4, 0.5) is 20.2 Å². The van der Waals surface area contributed by atoms with Crippen LogP contribution in [-0.2, 0) is 0 Å². The first-order valence-corrected chi connectivity index (χ1v) is 7.96. The molecule has 134 valence electrons. The summed E-state index contributed by atoms with van der Waals surface area (Å²) in [6, 6.07) is 9.57. The van der Waals surface area contributed by atoms with Gasteiger partial charge in [-0.05, 0) is 30.7 Å². The van der Waals surface area contributed by atoms with Crippen LogP contribution in [0.25, 0.3) is 0 Å². The van der Waals surface area contributed by atoms with Crippen molar-refractivity contribution in [2.45, 2.75) is 19.8 Å². The monoisotopic (exact) mass is 357 g/mol. The van der Waals surface area contributed by atoms with Crippen LogP contribution in [-0.4, -0.2) is 13.7 Å². The first kappa shape index (κ1) is 19.0. The van der Waals surface area contributed by atoms with E-state index in [0.717, 1.165) is 6.42 Å². The van der Waals surface area contributed by atoms with Crippen LogP contribution in [0.1, 0.15) is 30.9 Å². The average Bonchev–Trinajstić information content (AvgIpc) is 2.66. The molecule has 7 heteroatoms. The van der Waals surface area contributed by atoms with Gasteiger partial charge in [0.1, 0.15) is 34.7 Å². The number of hydrogen-bond donors (Lipinski definition) is 1. The minimum absolute atomic E-state index is 0.154. The fourth-order valence-electron chi connectivity index (χ4n) is 2.26. The molecule has 0 aliphatic heterocycles. The van der Waals surface area contributed by atoms with E-state index in [-0.39, 0.29) is 12.3 Å². The van der Waals surface area contributed by atoms with Gasteiger partial charge >= 0.3 is 0 Å². The zero-order chi connectivity index (χ0) is 19.1. The van der Waals surface area contributed by atoms with Gasteiger partial charge < -0.3 is 14.8 Å². The van der Waals surface area contributed by atoms with Gasteiger partial charge in [0.25, 0.3) is 0 Å². The number of hydrogen-bond acceptors (Lipinski definition) is 5. The number of nitrogens with zero attached hydrogens (tertiary/aromatic N) is 2. The number of benzene rings is 2. The van der Waals surface area contributed by atoms with Gasteiger partial charge in [-0.25, -0.2) is 8.78 Å². The number of unbranched alkanes of at least 4 members (excludes halogenated alkanes) is 1. The van der Waals surface area contributed by atoms with Gasteiger partial charge in [0.05, 0.1) is 13.7 Å². The predicted molar refractivity (Wildman–Crippen MR) is 92.5 cm³/mol. The van der Waals surface area contributed by atoms with Crippen molar-refractivity contribution in [3.05, 3.63) is 47.0 Å². The van der Waals surface area contributed by atoms with E-state index in [2.05, 4.69) is 5.32 Å². The van der Waals surface area contributed by atoms with E-state index in [9.17, 15) is 8.78 Å². The zero-order valence-electron chi connectivity index (χ0n) is 14.4. The summed E-state index contributed by atoms with van der Waals surface area (Å²) in [5.74, 6) is -1.91. The first-order chi connectivity index (χ1) is 12.6. The van der Waals surface area contributed by atoms with Gasteiger partial charge in [0.2, 0.25) is 0 Å². The molecule has 5 nitrogen and oxygen atoms in total. The molecule has 0 atom stereocenters. The Balaban J connectivity index is 2.54. The second-order valence-corrected chi connectivity index (χ2v) is 5.36. The molecular weight excluding hydrogens is 340 g/mol. The molecule has 0 fully saturated rings. The summed E-state index contributed by atoms with van der Waals surface area (Å²) in [6.45, 7) is 2.08. The van der Waals surface area contributed by atoms with Crippen molar-refractivity contribution in [2.75, 3.05) is 19.0 Å². The molecule has 0 aliphatic rings. The molecule has 0 aliphatic carbocycles. The summed E-state index contributed by atoms with van der Waals surface area (Å²) in [7, 11) is 1.51. The molecule has 2 rings (SSSR count). The summed E-state index contributed by atoms with van der Waals surface area (Å²) in [4.78, 5) is 0. The van der Waals surface area contributed by atoms with Crippen LogP contribution in [0.15, 0.2) is 24.3 Å². The highest BCUT2D eigenvalue weighted by Gasteiger charge is 2.26. The Bertz CT molecular complexity index is 869. The second-order valence-electron chi connectivity index (χ2n) is 5.36. The molecule has 26 heavy (non-hydrogen) atoms. The van der Waals surface area contributed by atoms with E-state index < -0.39 is 28.5 Å². The summed E-state index contributed by atoms with van der Waals surface area (Å²) < 4.78 is 39.9. The van der Waals surface area contributed by atoms with Crippen molar-refractivity contribution >= 4 is 11.4 Å². The Morgan fingerprint density at radius 2 is 1.65 bits per heavy atom. The summed E-state index contributed by atoms with van der Waals surface area (Å²) in [5.41, 5.74) is -1.21. The highest BCUT2D eigenvalue weighted by Crippen LogP contribution is 2.38. The van der Waals surface area contributed by atoms with Crippen molar-refractivity contribution in [2.24, 2.45) is 0 Å².